The molecule has 1 aromatic carbocycles. The Morgan fingerprint density at radius 3 is 2.69 bits per heavy atom. The van der Waals surface area contributed by atoms with Gasteiger partial charge >= 0.3 is 12.0 Å². The van der Waals surface area contributed by atoms with Crippen LogP contribution in [-0.4, -0.2) is 34.8 Å². The van der Waals surface area contributed by atoms with Crippen molar-refractivity contribution in [3.8, 4) is 6.07 Å². The smallest absolute Gasteiger partial charge is 0.339 e. The highest BCUT2D eigenvalue weighted by molar-refractivity contribution is 7.92. The number of aromatic nitrogens is 1. The van der Waals surface area contributed by atoms with Gasteiger partial charge in [0.05, 0.1) is 23.1 Å². The minimum absolute atomic E-state index is 0.000379. The van der Waals surface area contributed by atoms with Crippen LogP contribution < -0.4 is 10.0 Å². The van der Waals surface area contributed by atoms with Crippen LogP contribution in [0, 0.1) is 18.3 Å². The maximum atomic E-state index is 13.5. The lowest BCUT2D eigenvalue weighted by atomic mass is 10.1. The molecule has 11 heteroatoms. The van der Waals surface area contributed by atoms with E-state index < -0.39 is 21.9 Å². The summed E-state index contributed by atoms with van der Waals surface area (Å²) in [6.45, 7) is 3.37. The number of ether oxygens (including phenoxy) is 1. The van der Waals surface area contributed by atoms with Gasteiger partial charge < -0.3 is 4.74 Å². The molecule has 0 saturated carbocycles. The predicted octanol–water partition coefficient (Wildman–Crippen LogP) is 3.29. The first-order valence-electron chi connectivity index (χ1n) is 8.32. The Bertz CT molecular complexity index is 1120. The van der Waals surface area contributed by atoms with E-state index in [1.54, 1.807) is 26.0 Å². The molecule has 9 nitrogen and oxygen atoms in total. The third-order valence-corrected chi connectivity index (χ3v) is 5.89. The highest BCUT2D eigenvalue weighted by Gasteiger charge is 2.24. The number of hydrogen-bond donors (Lipinski definition) is 2. The quantitative estimate of drug-likeness (QED) is 0.546. The number of rotatable bonds is 5. The van der Waals surface area contributed by atoms with Crippen molar-refractivity contribution in [2.45, 2.75) is 18.7 Å². The minimum atomic E-state index is -3.54. The number of hydrogen-bond acceptors (Lipinski definition) is 7. The van der Waals surface area contributed by atoms with Crippen LogP contribution >= 0.6 is 11.6 Å². The molecule has 2 amide bonds. The number of anilines is 1. The zero-order chi connectivity index (χ0) is 21.6. The molecule has 1 unspecified atom stereocenters. The normalized spacial score (nSPS) is 12.2. The number of urea groups is 1. The van der Waals surface area contributed by atoms with E-state index in [0.717, 1.165) is 0 Å². The number of halogens is 1. The maximum Gasteiger partial charge on any atom is 0.339 e. The van der Waals surface area contributed by atoms with Crippen molar-refractivity contribution in [2.75, 3.05) is 19.0 Å². The summed E-state index contributed by atoms with van der Waals surface area (Å²) in [5.41, 5.74) is 0.628. The fourth-order valence-corrected chi connectivity index (χ4v) is 4.39. The Kier molecular flexibility index (Phi) is 7.14. The molecule has 0 aliphatic heterocycles. The Hall–Kier alpha value is -3.16. The van der Waals surface area contributed by atoms with E-state index in [0.29, 0.717) is 5.56 Å². The zero-order valence-electron chi connectivity index (χ0n) is 15.9. The van der Waals surface area contributed by atoms with E-state index in [2.05, 4.69) is 19.4 Å². The Morgan fingerprint density at radius 1 is 1.38 bits per heavy atom. The van der Waals surface area contributed by atoms with Crippen molar-refractivity contribution < 1.29 is 18.5 Å². The van der Waals surface area contributed by atoms with Gasteiger partial charge in [0.15, 0.2) is 15.7 Å². The van der Waals surface area contributed by atoms with E-state index in [9.17, 15) is 19.1 Å². The lowest BCUT2D eigenvalue weighted by Crippen LogP contribution is -2.35. The molecule has 2 N–H and O–H groups in total. The first kappa shape index (κ1) is 22.1. The fraction of sp³-hybridized carbons (Fsp3) is 0.222. The molecule has 29 heavy (non-hydrogen) atoms. The second-order valence-corrected chi connectivity index (χ2v) is 7.95. The molecule has 1 aromatic heterocycles. The number of nitriles is 1. The van der Waals surface area contributed by atoms with Gasteiger partial charge in [0.25, 0.3) is 0 Å². The van der Waals surface area contributed by atoms with Crippen molar-refractivity contribution >= 4 is 39.3 Å². The van der Waals surface area contributed by atoms with E-state index in [4.69, 9.17) is 16.3 Å². The van der Waals surface area contributed by atoms with Crippen LogP contribution in [0.2, 0.25) is 5.15 Å². The van der Waals surface area contributed by atoms with E-state index in [-0.39, 0.29) is 33.5 Å². The van der Waals surface area contributed by atoms with Crippen molar-refractivity contribution in [3.05, 3.63) is 52.2 Å². The number of nitrogens with zero attached hydrogens (tertiary/aromatic N) is 3. The van der Waals surface area contributed by atoms with E-state index in [1.165, 1.54) is 25.3 Å². The largest absolute Gasteiger partial charge is 0.465 e. The van der Waals surface area contributed by atoms with Gasteiger partial charge in [-0.2, -0.15) is 5.26 Å². The Labute approximate surface area is 173 Å². The van der Waals surface area contributed by atoms with Crippen LogP contribution in [0.5, 0.6) is 0 Å². The van der Waals surface area contributed by atoms with Crippen LogP contribution in [0.25, 0.3) is 0 Å². The molecule has 0 spiro atoms. The fourth-order valence-electron chi connectivity index (χ4n) is 2.45. The molecule has 0 fully saturated rings. The maximum absolute atomic E-state index is 13.5. The summed E-state index contributed by atoms with van der Waals surface area (Å²) in [4.78, 5) is 28.5. The first-order chi connectivity index (χ1) is 13.8. The van der Waals surface area contributed by atoms with Gasteiger partial charge in [-0.15, -0.1) is 0 Å². The Balaban J connectivity index is 2.45. The number of amides is 2. The van der Waals surface area contributed by atoms with Gasteiger partial charge in [0, 0.05) is 6.54 Å². The molecule has 2 rings (SSSR count). The molecular formula is C18H18ClN5O4S. The van der Waals surface area contributed by atoms with Gasteiger partial charge in [-0.1, -0.05) is 23.7 Å². The van der Waals surface area contributed by atoms with Crippen LogP contribution in [-0.2, 0) is 14.7 Å². The number of nitrogens with one attached hydrogen (secondary N) is 2. The number of carbonyl (C=O) groups is 2. The third-order valence-electron chi connectivity index (χ3n) is 3.66. The Morgan fingerprint density at radius 2 is 2.07 bits per heavy atom. The van der Waals surface area contributed by atoms with Gasteiger partial charge in [0.2, 0.25) is 0 Å². The van der Waals surface area contributed by atoms with E-state index >= 15 is 0 Å². The number of esters is 1. The average molecular weight is 436 g/mol. The second kappa shape index (κ2) is 9.36. The third kappa shape index (κ3) is 5.01. The monoisotopic (exact) mass is 435 g/mol. The summed E-state index contributed by atoms with van der Waals surface area (Å²) in [6, 6.07) is 8.43. The van der Waals surface area contributed by atoms with Crippen molar-refractivity contribution in [3.63, 3.8) is 0 Å². The summed E-state index contributed by atoms with van der Waals surface area (Å²) in [6.07, 6.45) is 0. The molecule has 1 heterocycles. The number of aryl methyl sites for hydroxylation is 1. The van der Waals surface area contributed by atoms with Crippen molar-refractivity contribution in [1.82, 2.24) is 9.71 Å². The number of pyridine rings is 1. The molecule has 152 valence electrons. The van der Waals surface area contributed by atoms with Crippen LogP contribution in [0.4, 0.5) is 10.6 Å². The summed E-state index contributed by atoms with van der Waals surface area (Å²) < 4.78 is 24.5. The first-order valence-corrected chi connectivity index (χ1v) is 10.2. The zero-order valence-corrected chi connectivity index (χ0v) is 17.4. The molecule has 0 aliphatic rings. The van der Waals surface area contributed by atoms with Gasteiger partial charge in [-0.05, 0) is 37.6 Å². The minimum Gasteiger partial charge on any atom is -0.465 e. The van der Waals surface area contributed by atoms with Gasteiger partial charge in [-0.3, -0.25) is 5.32 Å². The topological polar surface area (TPSA) is 134 Å². The molecule has 0 aliphatic carbocycles. The summed E-state index contributed by atoms with van der Waals surface area (Å²) in [7, 11) is -2.36. The van der Waals surface area contributed by atoms with Crippen LogP contribution in [0.1, 0.15) is 28.4 Å². The SMILES string of the molecule is CCN=S(=O)(NC(=O)Nc1nc(Cl)cc(C)c1C#N)c1ccccc1C(=O)OC. The van der Waals surface area contributed by atoms with Gasteiger partial charge in [0.1, 0.15) is 11.2 Å². The second-order valence-electron chi connectivity index (χ2n) is 5.61. The lowest BCUT2D eigenvalue weighted by molar-refractivity contribution is 0.0596. The molecular weight excluding hydrogens is 418 g/mol. The molecule has 1 atom stereocenters. The standard InChI is InChI=1S/C18H18ClN5O4S/c1-4-21-29(27,14-8-6-5-7-12(14)17(25)28-3)24-18(26)23-16-13(10-20)11(2)9-15(19)22-16/h5-9H,4H2,1-3H3,(H2,21,22,23,24,26,27). The van der Waals surface area contributed by atoms with Crippen LogP contribution in [0.3, 0.4) is 0 Å². The number of methoxy groups -OCH3 is 1. The molecule has 0 saturated heterocycles. The van der Waals surface area contributed by atoms with E-state index in [1.807, 2.05) is 6.07 Å². The summed E-state index contributed by atoms with van der Waals surface area (Å²) >= 11 is 5.89. The highest BCUT2D eigenvalue weighted by atomic mass is 35.5. The van der Waals surface area contributed by atoms with Crippen molar-refractivity contribution in [1.29, 1.82) is 5.26 Å². The summed E-state index contributed by atoms with van der Waals surface area (Å²) in [5.74, 6) is -0.810. The highest BCUT2D eigenvalue weighted by Crippen LogP contribution is 2.22. The lowest BCUT2D eigenvalue weighted by Gasteiger charge is -2.16. The number of benzene rings is 1. The van der Waals surface area contributed by atoms with Crippen molar-refractivity contribution in [2.24, 2.45) is 4.36 Å². The molecule has 0 bridgehead atoms. The van der Waals surface area contributed by atoms with Gasteiger partial charge in [-0.25, -0.2) is 27.9 Å². The summed E-state index contributed by atoms with van der Waals surface area (Å²) in [5, 5.41) is 11.7. The predicted molar refractivity (Wildman–Crippen MR) is 108 cm³/mol. The van der Waals surface area contributed by atoms with Crippen LogP contribution in [0.15, 0.2) is 39.6 Å². The number of carbonyl (C=O) groups excluding carboxylic acids is 2. The molecule has 2 aromatic rings. The molecule has 0 radical (unpaired) electrons. The average Bonchev–Trinajstić information content (AvgIpc) is 2.67.